The first-order valence-corrected chi connectivity index (χ1v) is 9.02. The number of benzene rings is 1. The van der Waals surface area contributed by atoms with E-state index < -0.39 is 0 Å². The number of imidazole rings is 1. The van der Waals surface area contributed by atoms with Crippen molar-refractivity contribution in [1.82, 2.24) is 19.5 Å². The normalized spacial score (nSPS) is 18.1. The minimum absolute atomic E-state index is 0.200. The van der Waals surface area contributed by atoms with Gasteiger partial charge in [-0.25, -0.2) is 9.50 Å². The largest absolute Gasteiger partial charge is 0.472 e. The number of likely N-dealkylation sites (N-methyl/N-ethyl adjacent to an activating group) is 1. The van der Waals surface area contributed by atoms with Crippen LogP contribution in [0.15, 0.2) is 36.5 Å². The molecule has 0 amide bonds. The van der Waals surface area contributed by atoms with Gasteiger partial charge in [-0.15, -0.1) is 5.10 Å². The van der Waals surface area contributed by atoms with Crippen LogP contribution in [0.5, 0.6) is 5.88 Å². The van der Waals surface area contributed by atoms with Crippen molar-refractivity contribution in [2.24, 2.45) is 0 Å². The zero-order valence-corrected chi connectivity index (χ0v) is 15.2. The van der Waals surface area contributed by atoms with Crippen molar-refractivity contribution in [3.05, 3.63) is 47.1 Å². The SMILES string of the molecule is CCN1CCC(Oc2ccc3ncc(-c4ccc(C)c(Cl)c4)n3n2)C1. The van der Waals surface area contributed by atoms with Crippen LogP contribution < -0.4 is 4.74 Å². The summed E-state index contributed by atoms with van der Waals surface area (Å²) in [6.07, 6.45) is 3.06. The maximum Gasteiger partial charge on any atom is 0.232 e. The van der Waals surface area contributed by atoms with Crippen LogP contribution in [-0.2, 0) is 0 Å². The summed E-state index contributed by atoms with van der Waals surface area (Å²) in [7, 11) is 0. The van der Waals surface area contributed by atoms with Crippen molar-refractivity contribution in [2.45, 2.75) is 26.4 Å². The van der Waals surface area contributed by atoms with Gasteiger partial charge in [0.15, 0.2) is 5.65 Å². The number of fused-ring (bicyclic) bond motifs is 1. The summed E-state index contributed by atoms with van der Waals surface area (Å²) in [6.45, 7) is 7.28. The zero-order valence-electron chi connectivity index (χ0n) is 14.4. The van der Waals surface area contributed by atoms with E-state index in [9.17, 15) is 0 Å². The Morgan fingerprint density at radius 1 is 1.28 bits per heavy atom. The van der Waals surface area contributed by atoms with Crippen LogP contribution in [0.2, 0.25) is 5.02 Å². The summed E-state index contributed by atoms with van der Waals surface area (Å²) in [6, 6.07) is 9.83. The predicted molar refractivity (Wildman–Crippen MR) is 99.3 cm³/mol. The highest BCUT2D eigenvalue weighted by molar-refractivity contribution is 6.31. The second-order valence-electron chi connectivity index (χ2n) is 6.47. The van der Waals surface area contributed by atoms with Crippen LogP contribution in [0.3, 0.4) is 0 Å². The fourth-order valence-electron chi connectivity index (χ4n) is 3.22. The molecule has 0 bridgehead atoms. The van der Waals surface area contributed by atoms with Gasteiger partial charge in [-0.2, -0.15) is 0 Å². The Hall–Kier alpha value is -2.11. The number of hydrogen-bond donors (Lipinski definition) is 0. The van der Waals surface area contributed by atoms with E-state index in [1.807, 2.05) is 48.0 Å². The molecule has 25 heavy (non-hydrogen) atoms. The van der Waals surface area contributed by atoms with E-state index in [2.05, 4.69) is 21.9 Å². The molecule has 130 valence electrons. The third-order valence-corrected chi connectivity index (χ3v) is 5.18. The second-order valence-corrected chi connectivity index (χ2v) is 6.88. The standard InChI is InChI=1S/C19H21ClN4O/c1-3-23-9-8-15(12-23)25-19-7-6-18-21-11-17(24(18)22-19)14-5-4-13(2)16(20)10-14/h4-7,10-11,15H,3,8-9,12H2,1-2H3. The quantitative estimate of drug-likeness (QED) is 0.712. The smallest absolute Gasteiger partial charge is 0.232 e. The number of nitrogens with zero attached hydrogens (tertiary/aromatic N) is 4. The van der Waals surface area contributed by atoms with Gasteiger partial charge in [-0.1, -0.05) is 30.7 Å². The molecule has 6 heteroatoms. The van der Waals surface area contributed by atoms with E-state index in [4.69, 9.17) is 16.3 Å². The van der Waals surface area contributed by atoms with E-state index in [1.54, 1.807) is 0 Å². The van der Waals surface area contributed by atoms with Gasteiger partial charge >= 0.3 is 0 Å². The Morgan fingerprint density at radius 2 is 2.16 bits per heavy atom. The molecule has 0 radical (unpaired) electrons. The minimum atomic E-state index is 0.200. The average molecular weight is 357 g/mol. The van der Waals surface area contributed by atoms with E-state index in [0.717, 1.165) is 53.5 Å². The van der Waals surface area contributed by atoms with Crippen molar-refractivity contribution >= 4 is 17.2 Å². The minimum Gasteiger partial charge on any atom is -0.472 e. The predicted octanol–water partition coefficient (Wildman–Crippen LogP) is 3.83. The Balaban J connectivity index is 1.64. The highest BCUT2D eigenvalue weighted by atomic mass is 35.5. The molecular weight excluding hydrogens is 336 g/mol. The Labute approximate surface area is 152 Å². The first-order chi connectivity index (χ1) is 12.1. The lowest BCUT2D eigenvalue weighted by Gasteiger charge is -2.14. The van der Waals surface area contributed by atoms with E-state index in [1.165, 1.54) is 0 Å². The maximum atomic E-state index is 6.27. The summed E-state index contributed by atoms with van der Waals surface area (Å²) in [4.78, 5) is 6.83. The number of aromatic nitrogens is 3. The van der Waals surface area contributed by atoms with Crippen molar-refractivity contribution in [1.29, 1.82) is 0 Å². The molecule has 0 saturated carbocycles. The molecule has 1 unspecified atom stereocenters. The summed E-state index contributed by atoms with van der Waals surface area (Å²) in [5, 5.41) is 5.39. The van der Waals surface area contributed by atoms with Crippen LogP contribution in [0, 0.1) is 6.92 Å². The molecule has 0 aliphatic carbocycles. The number of aryl methyl sites for hydroxylation is 1. The first-order valence-electron chi connectivity index (χ1n) is 8.64. The number of halogens is 1. The molecule has 4 rings (SSSR count). The first kappa shape index (κ1) is 16.4. The molecule has 1 atom stereocenters. The highest BCUT2D eigenvalue weighted by Gasteiger charge is 2.23. The van der Waals surface area contributed by atoms with E-state index in [0.29, 0.717) is 5.88 Å². The van der Waals surface area contributed by atoms with Crippen LogP contribution >= 0.6 is 11.6 Å². The zero-order chi connectivity index (χ0) is 17.4. The van der Waals surface area contributed by atoms with Crippen molar-refractivity contribution in [3.8, 4) is 17.1 Å². The van der Waals surface area contributed by atoms with Crippen LogP contribution in [-0.4, -0.2) is 45.2 Å². The summed E-state index contributed by atoms with van der Waals surface area (Å²) < 4.78 is 7.91. The Morgan fingerprint density at radius 3 is 2.92 bits per heavy atom. The van der Waals surface area contributed by atoms with Gasteiger partial charge in [0.25, 0.3) is 0 Å². The molecule has 0 N–H and O–H groups in total. The van der Waals surface area contributed by atoms with E-state index in [-0.39, 0.29) is 6.10 Å². The molecular formula is C19H21ClN4O. The summed E-state index contributed by atoms with van der Waals surface area (Å²) >= 11 is 6.27. The maximum absolute atomic E-state index is 6.27. The summed E-state index contributed by atoms with van der Waals surface area (Å²) in [5.41, 5.74) is 3.74. The van der Waals surface area contributed by atoms with Gasteiger partial charge < -0.3 is 4.74 Å². The molecule has 3 heterocycles. The fraction of sp³-hybridized carbons (Fsp3) is 0.368. The van der Waals surface area contributed by atoms with Crippen molar-refractivity contribution < 1.29 is 4.74 Å². The number of rotatable bonds is 4. The van der Waals surface area contributed by atoms with Gasteiger partial charge in [0, 0.05) is 29.7 Å². The molecule has 0 spiro atoms. The van der Waals surface area contributed by atoms with Crippen LogP contribution in [0.4, 0.5) is 0 Å². The number of hydrogen-bond acceptors (Lipinski definition) is 4. The third kappa shape index (κ3) is 3.22. The van der Waals surface area contributed by atoms with E-state index >= 15 is 0 Å². The fourth-order valence-corrected chi connectivity index (χ4v) is 3.40. The highest BCUT2D eigenvalue weighted by Crippen LogP contribution is 2.26. The Bertz CT molecular complexity index is 908. The molecule has 2 aromatic heterocycles. The molecule has 3 aromatic rings. The molecule has 1 saturated heterocycles. The third-order valence-electron chi connectivity index (χ3n) is 4.77. The molecule has 1 aliphatic heterocycles. The second kappa shape index (κ2) is 6.65. The lowest BCUT2D eigenvalue weighted by Crippen LogP contribution is -2.24. The molecule has 1 aliphatic rings. The topological polar surface area (TPSA) is 42.7 Å². The van der Waals surface area contributed by atoms with Crippen LogP contribution in [0.25, 0.3) is 16.9 Å². The Kier molecular flexibility index (Phi) is 4.36. The van der Waals surface area contributed by atoms with Gasteiger partial charge in [0.2, 0.25) is 5.88 Å². The summed E-state index contributed by atoms with van der Waals surface area (Å²) in [5.74, 6) is 0.632. The number of ether oxygens (including phenoxy) is 1. The lowest BCUT2D eigenvalue weighted by atomic mass is 10.1. The molecule has 5 nitrogen and oxygen atoms in total. The monoisotopic (exact) mass is 356 g/mol. The average Bonchev–Trinajstić information content (AvgIpc) is 3.24. The van der Waals surface area contributed by atoms with Gasteiger partial charge in [-0.3, -0.25) is 4.90 Å². The van der Waals surface area contributed by atoms with Crippen molar-refractivity contribution in [2.75, 3.05) is 19.6 Å². The molecule has 1 aromatic carbocycles. The molecule has 1 fully saturated rings. The number of likely N-dealkylation sites (tertiary alicyclic amines) is 1. The van der Waals surface area contributed by atoms with Gasteiger partial charge in [-0.05, 0) is 37.6 Å². The van der Waals surface area contributed by atoms with Crippen LogP contribution in [0.1, 0.15) is 18.9 Å². The van der Waals surface area contributed by atoms with Gasteiger partial charge in [0.1, 0.15) is 6.10 Å². The van der Waals surface area contributed by atoms with Crippen molar-refractivity contribution in [3.63, 3.8) is 0 Å². The van der Waals surface area contributed by atoms with Gasteiger partial charge in [0.05, 0.1) is 11.9 Å². The lowest BCUT2D eigenvalue weighted by molar-refractivity contribution is 0.192.